The van der Waals surface area contributed by atoms with Crippen LogP contribution in [0, 0.1) is 41.0 Å². The lowest BCUT2D eigenvalue weighted by atomic mass is 9.68. The van der Waals surface area contributed by atoms with Gasteiger partial charge in [-0.15, -0.1) is 0 Å². The Morgan fingerprint density at radius 2 is 1.31 bits per heavy atom. The first-order valence-corrected chi connectivity index (χ1v) is 13.2. The van der Waals surface area contributed by atoms with Crippen LogP contribution in [-0.2, 0) is 0 Å². The standard InChI is InChI=1S/C30H36F4O/c1-3-5-19-6-8-20(9-7-19)21-10-12-22(13-11-21)23-14-15-24(28(32)27(23)31)25-16-17-26(35-18-4-2)30(34)29(25)33/h3,5,14-17,19-22H,4,6-13,18H2,1-2H3. The number of halogens is 4. The highest BCUT2D eigenvalue weighted by atomic mass is 19.2. The van der Waals surface area contributed by atoms with E-state index >= 15 is 8.78 Å². The molecule has 0 aliphatic heterocycles. The Hall–Kier alpha value is -2.30. The quantitative estimate of drug-likeness (QED) is 0.279. The Labute approximate surface area is 206 Å². The molecule has 190 valence electrons. The van der Waals surface area contributed by atoms with Crippen molar-refractivity contribution < 1.29 is 22.3 Å². The van der Waals surface area contributed by atoms with Gasteiger partial charge >= 0.3 is 0 Å². The normalized spacial score (nSPS) is 25.2. The third kappa shape index (κ3) is 5.59. The zero-order valence-corrected chi connectivity index (χ0v) is 20.8. The van der Waals surface area contributed by atoms with Gasteiger partial charge in [-0.3, -0.25) is 0 Å². The van der Waals surface area contributed by atoms with E-state index in [9.17, 15) is 8.78 Å². The van der Waals surface area contributed by atoms with E-state index in [0.29, 0.717) is 23.8 Å². The summed E-state index contributed by atoms with van der Waals surface area (Å²) < 4.78 is 64.5. The first-order chi connectivity index (χ1) is 16.9. The molecule has 0 saturated heterocycles. The molecule has 2 aliphatic rings. The molecular weight excluding hydrogens is 452 g/mol. The van der Waals surface area contributed by atoms with E-state index in [1.54, 1.807) is 6.07 Å². The Bertz CT molecular complexity index is 1030. The molecule has 1 nitrogen and oxygen atoms in total. The van der Waals surface area contributed by atoms with E-state index in [1.807, 2.05) is 6.92 Å². The summed E-state index contributed by atoms with van der Waals surface area (Å²) in [6, 6.07) is 5.45. The lowest BCUT2D eigenvalue weighted by Crippen LogP contribution is -2.25. The van der Waals surface area contributed by atoms with Gasteiger partial charge in [-0.25, -0.2) is 13.2 Å². The minimum absolute atomic E-state index is 0.0411. The number of rotatable bonds is 7. The molecule has 2 aromatic carbocycles. The number of benzene rings is 2. The van der Waals surface area contributed by atoms with E-state index in [0.717, 1.165) is 31.6 Å². The second-order valence-corrected chi connectivity index (χ2v) is 10.2. The molecule has 5 heteroatoms. The fourth-order valence-corrected chi connectivity index (χ4v) is 6.13. The molecule has 2 saturated carbocycles. The Morgan fingerprint density at radius 3 is 1.91 bits per heavy atom. The van der Waals surface area contributed by atoms with Gasteiger partial charge in [0.05, 0.1) is 6.61 Å². The number of allylic oxidation sites excluding steroid dienone is 2. The summed E-state index contributed by atoms with van der Waals surface area (Å²) in [6.07, 6.45) is 13.9. The van der Waals surface area contributed by atoms with Gasteiger partial charge in [0.2, 0.25) is 5.82 Å². The van der Waals surface area contributed by atoms with Crippen molar-refractivity contribution in [3.8, 4) is 16.9 Å². The minimum Gasteiger partial charge on any atom is -0.490 e. The van der Waals surface area contributed by atoms with Gasteiger partial charge < -0.3 is 4.74 Å². The molecule has 0 N–H and O–H groups in total. The number of ether oxygens (including phenoxy) is 1. The largest absolute Gasteiger partial charge is 0.490 e. The Kier molecular flexibility index (Phi) is 8.56. The van der Waals surface area contributed by atoms with Gasteiger partial charge in [0, 0.05) is 11.1 Å². The van der Waals surface area contributed by atoms with Crippen LogP contribution >= 0.6 is 0 Å². The smallest absolute Gasteiger partial charge is 0.201 e. The summed E-state index contributed by atoms with van der Waals surface area (Å²) in [7, 11) is 0. The lowest BCUT2D eigenvalue weighted by molar-refractivity contribution is 0.170. The molecule has 0 heterocycles. The van der Waals surface area contributed by atoms with Crippen LogP contribution < -0.4 is 4.74 Å². The van der Waals surface area contributed by atoms with Crippen LogP contribution in [0.1, 0.15) is 83.1 Å². The predicted molar refractivity (Wildman–Crippen MR) is 132 cm³/mol. The SMILES string of the molecule is CC=CC1CCC(C2CCC(c3ccc(-c4ccc(OCCC)c(F)c4F)c(F)c3F)CC2)CC1. The summed E-state index contributed by atoms with van der Waals surface area (Å²) in [5.41, 5.74) is -0.215. The van der Waals surface area contributed by atoms with E-state index in [-0.39, 0.29) is 29.4 Å². The third-order valence-electron chi connectivity index (χ3n) is 8.07. The van der Waals surface area contributed by atoms with Crippen LogP contribution in [0.5, 0.6) is 5.75 Å². The van der Waals surface area contributed by atoms with Crippen LogP contribution in [-0.4, -0.2) is 6.61 Å². The van der Waals surface area contributed by atoms with Crippen molar-refractivity contribution in [2.45, 2.75) is 77.6 Å². The number of hydrogen-bond acceptors (Lipinski definition) is 1. The highest BCUT2D eigenvalue weighted by molar-refractivity contribution is 5.66. The summed E-state index contributed by atoms with van der Waals surface area (Å²) in [5.74, 6) is -2.62. The topological polar surface area (TPSA) is 9.23 Å². The van der Waals surface area contributed by atoms with Crippen molar-refractivity contribution >= 4 is 0 Å². The van der Waals surface area contributed by atoms with Crippen molar-refractivity contribution in [1.29, 1.82) is 0 Å². The van der Waals surface area contributed by atoms with E-state index in [2.05, 4.69) is 19.1 Å². The van der Waals surface area contributed by atoms with Gasteiger partial charge in [-0.1, -0.05) is 31.2 Å². The molecule has 0 radical (unpaired) electrons. The summed E-state index contributed by atoms with van der Waals surface area (Å²) in [5, 5.41) is 0. The predicted octanol–water partition coefficient (Wildman–Crippen LogP) is 9.36. The maximum absolute atomic E-state index is 15.2. The zero-order chi connectivity index (χ0) is 24.9. The molecule has 2 fully saturated rings. The second-order valence-electron chi connectivity index (χ2n) is 10.2. The minimum atomic E-state index is -1.23. The van der Waals surface area contributed by atoms with Crippen LogP contribution in [0.25, 0.3) is 11.1 Å². The maximum Gasteiger partial charge on any atom is 0.201 e. The second kappa shape index (κ2) is 11.6. The first-order valence-electron chi connectivity index (χ1n) is 13.2. The van der Waals surface area contributed by atoms with Crippen molar-refractivity contribution in [1.82, 2.24) is 0 Å². The first kappa shape index (κ1) is 25.8. The molecule has 0 spiro atoms. The van der Waals surface area contributed by atoms with Gasteiger partial charge in [-0.05, 0) is 106 Å². The average molecular weight is 489 g/mol. The Morgan fingerprint density at radius 1 is 0.743 bits per heavy atom. The Balaban J connectivity index is 1.44. The molecule has 0 unspecified atom stereocenters. The van der Waals surface area contributed by atoms with Crippen molar-refractivity contribution in [3.05, 3.63) is 65.2 Å². The average Bonchev–Trinajstić information content (AvgIpc) is 2.88. The molecular formula is C30H36F4O. The highest BCUT2D eigenvalue weighted by Crippen LogP contribution is 2.45. The van der Waals surface area contributed by atoms with Gasteiger partial charge in [0.25, 0.3) is 0 Å². The number of hydrogen-bond donors (Lipinski definition) is 0. The van der Waals surface area contributed by atoms with E-state index in [4.69, 9.17) is 4.74 Å². The molecule has 0 atom stereocenters. The van der Waals surface area contributed by atoms with Crippen LogP contribution in [0.3, 0.4) is 0 Å². The van der Waals surface area contributed by atoms with Crippen molar-refractivity contribution in [2.75, 3.05) is 6.61 Å². The maximum atomic E-state index is 15.2. The van der Waals surface area contributed by atoms with Crippen LogP contribution in [0.15, 0.2) is 36.4 Å². The fraction of sp³-hybridized carbons (Fsp3) is 0.533. The highest BCUT2D eigenvalue weighted by Gasteiger charge is 2.32. The van der Waals surface area contributed by atoms with Crippen molar-refractivity contribution in [2.24, 2.45) is 17.8 Å². The van der Waals surface area contributed by atoms with Crippen LogP contribution in [0.2, 0.25) is 0 Å². The lowest BCUT2D eigenvalue weighted by Gasteiger charge is -2.37. The van der Waals surface area contributed by atoms with Gasteiger partial charge in [0.1, 0.15) is 0 Å². The molecule has 0 aromatic heterocycles. The van der Waals surface area contributed by atoms with E-state index in [1.165, 1.54) is 43.9 Å². The molecule has 0 amide bonds. The summed E-state index contributed by atoms with van der Waals surface area (Å²) >= 11 is 0. The van der Waals surface area contributed by atoms with E-state index < -0.39 is 23.3 Å². The molecule has 2 aliphatic carbocycles. The summed E-state index contributed by atoms with van der Waals surface area (Å²) in [6.45, 7) is 4.17. The molecule has 4 rings (SSSR count). The van der Waals surface area contributed by atoms with Crippen molar-refractivity contribution in [3.63, 3.8) is 0 Å². The monoisotopic (exact) mass is 488 g/mol. The third-order valence-corrected chi connectivity index (χ3v) is 8.07. The van der Waals surface area contributed by atoms with Gasteiger partial charge in [-0.2, -0.15) is 4.39 Å². The van der Waals surface area contributed by atoms with Crippen LogP contribution in [0.4, 0.5) is 17.6 Å². The molecule has 35 heavy (non-hydrogen) atoms. The van der Waals surface area contributed by atoms with Gasteiger partial charge in [0.15, 0.2) is 23.2 Å². The summed E-state index contributed by atoms with van der Waals surface area (Å²) in [4.78, 5) is 0. The molecule has 2 aromatic rings. The molecule has 0 bridgehead atoms. The zero-order valence-electron chi connectivity index (χ0n) is 20.8. The fourth-order valence-electron chi connectivity index (χ4n) is 6.13.